The summed E-state index contributed by atoms with van der Waals surface area (Å²) < 4.78 is 0. The fourth-order valence-electron chi connectivity index (χ4n) is 0.714. The highest BCUT2D eigenvalue weighted by Crippen LogP contribution is 2.07. The van der Waals surface area contributed by atoms with Crippen molar-refractivity contribution < 1.29 is 0 Å². The number of hydrogen-bond acceptors (Lipinski definition) is 1. The molecule has 0 unspecified atom stereocenters. The molecule has 0 atom stereocenters. The summed E-state index contributed by atoms with van der Waals surface area (Å²) in [6, 6.07) is 9.81. The van der Waals surface area contributed by atoms with Gasteiger partial charge in [0.2, 0.25) is 0 Å². The zero-order chi connectivity index (χ0) is 7.94. The van der Waals surface area contributed by atoms with Crippen LogP contribution in [0.3, 0.4) is 0 Å². The second-order valence-corrected chi connectivity index (χ2v) is 2.19. The molecule has 1 aromatic carbocycles. The molecule has 0 saturated heterocycles. The van der Waals surface area contributed by atoms with Crippen LogP contribution in [0.4, 0.5) is 5.69 Å². The Morgan fingerprint density at radius 2 is 2.09 bits per heavy atom. The molecule has 0 N–H and O–H groups in total. The minimum Gasteiger partial charge on any atom is -0.207 e. The minimum absolute atomic E-state index is 0.956. The molecule has 0 heterocycles. The lowest BCUT2D eigenvalue weighted by atomic mass is 10.3. The topological polar surface area (TPSA) is 12.4 Å². The molecule has 56 valence electrons. The van der Waals surface area contributed by atoms with Gasteiger partial charge in [-0.1, -0.05) is 25.1 Å². The standard InChI is InChI=1S/C10H11N/c1-2-3-9-11-10-7-5-4-6-8-10/h3-8H,2H2,1H3. The van der Waals surface area contributed by atoms with Crippen LogP contribution in [0.15, 0.2) is 41.4 Å². The van der Waals surface area contributed by atoms with Crippen LogP contribution < -0.4 is 0 Å². The van der Waals surface area contributed by atoms with E-state index in [1.165, 1.54) is 0 Å². The zero-order valence-electron chi connectivity index (χ0n) is 6.62. The van der Waals surface area contributed by atoms with E-state index >= 15 is 0 Å². The van der Waals surface area contributed by atoms with Gasteiger partial charge in [-0.2, -0.15) is 0 Å². The van der Waals surface area contributed by atoms with Crippen LogP contribution in [-0.4, -0.2) is 5.87 Å². The summed E-state index contributed by atoms with van der Waals surface area (Å²) in [6.45, 7) is 2.06. The van der Waals surface area contributed by atoms with Gasteiger partial charge in [-0.15, -0.1) is 0 Å². The predicted octanol–water partition coefficient (Wildman–Crippen LogP) is 2.95. The quantitative estimate of drug-likeness (QED) is 0.567. The second kappa shape index (κ2) is 4.48. The highest BCUT2D eigenvalue weighted by molar-refractivity contribution is 5.58. The Hall–Kier alpha value is -1.33. The molecule has 1 aromatic rings. The van der Waals surface area contributed by atoms with Crippen LogP contribution in [-0.2, 0) is 0 Å². The van der Waals surface area contributed by atoms with Gasteiger partial charge in [0.05, 0.1) is 5.69 Å². The van der Waals surface area contributed by atoms with Crippen molar-refractivity contribution in [3.05, 3.63) is 36.4 Å². The van der Waals surface area contributed by atoms with E-state index in [-0.39, 0.29) is 0 Å². The molecule has 1 rings (SSSR count). The van der Waals surface area contributed by atoms with Crippen molar-refractivity contribution in [1.82, 2.24) is 0 Å². The highest BCUT2D eigenvalue weighted by atomic mass is 14.7. The Labute approximate surface area is 67.1 Å². The van der Waals surface area contributed by atoms with Crippen molar-refractivity contribution in [1.29, 1.82) is 0 Å². The summed E-state index contributed by atoms with van der Waals surface area (Å²) >= 11 is 0. The first-order valence-corrected chi connectivity index (χ1v) is 3.76. The molecular formula is C10H11N. The molecule has 1 heteroatoms. The van der Waals surface area contributed by atoms with Crippen molar-refractivity contribution in [3.63, 3.8) is 0 Å². The van der Waals surface area contributed by atoms with E-state index < -0.39 is 0 Å². The van der Waals surface area contributed by atoms with Crippen molar-refractivity contribution in [2.45, 2.75) is 13.3 Å². The van der Waals surface area contributed by atoms with Gasteiger partial charge in [0.15, 0.2) is 0 Å². The van der Waals surface area contributed by atoms with E-state index in [9.17, 15) is 0 Å². The summed E-state index contributed by atoms with van der Waals surface area (Å²) in [5.41, 5.74) is 0.956. The van der Waals surface area contributed by atoms with Crippen LogP contribution in [0.2, 0.25) is 0 Å². The average molecular weight is 145 g/mol. The Balaban J connectivity index is 2.72. The molecular weight excluding hydrogens is 134 g/mol. The number of rotatable bonds is 2. The minimum atomic E-state index is 0.956. The number of allylic oxidation sites excluding steroid dienone is 1. The summed E-state index contributed by atoms with van der Waals surface area (Å²) in [5.74, 6) is 2.85. The smallest absolute Gasteiger partial charge is 0.0729 e. The van der Waals surface area contributed by atoms with Crippen LogP contribution >= 0.6 is 0 Å². The lowest BCUT2D eigenvalue weighted by Crippen LogP contribution is -1.61. The molecule has 0 aliphatic heterocycles. The largest absolute Gasteiger partial charge is 0.207 e. The first-order chi connectivity index (χ1) is 5.43. The molecule has 0 aliphatic rings. The van der Waals surface area contributed by atoms with Gasteiger partial charge in [0.25, 0.3) is 0 Å². The van der Waals surface area contributed by atoms with Gasteiger partial charge in [-0.05, 0) is 30.5 Å². The number of hydrogen-bond donors (Lipinski definition) is 0. The maximum Gasteiger partial charge on any atom is 0.0729 e. The van der Waals surface area contributed by atoms with Crippen molar-refractivity contribution in [3.8, 4) is 0 Å². The first-order valence-electron chi connectivity index (χ1n) is 3.76. The highest BCUT2D eigenvalue weighted by Gasteiger charge is 1.79. The summed E-state index contributed by atoms with van der Waals surface area (Å²) in [7, 11) is 0. The molecule has 0 amide bonds. The zero-order valence-corrected chi connectivity index (χ0v) is 6.62. The van der Waals surface area contributed by atoms with Gasteiger partial charge in [-0.25, -0.2) is 4.99 Å². The van der Waals surface area contributed by atoms with Crippen LogP contribution in [0.1, 0.15) is 13.3 Å². The number of para-hydroxylation sites is 1. The monoisotopic (exact) mass is 145 g/mol. The van der Waals surface area contributed by atoms with E-state index in [0.717, 1.165) is 12.1 Å². The van der Waals surface area contributed by atoms with Gasteiger partial charge >= 0.3 is 0 Å². The normalized spacial score (nSPS) is 8.45. The molecule has 0 aromatic heterocycles. The van der Waals surface area contributed by atoms with Crippen LogP contribution in [0.5, 0.6) is 0 Å². The number of aliphatic imine (C=N–C) groups is 1. The maximum absolute atomic E-state index is 4.09. The Morgan fingerprint density at radius 1 is 1.36 bits per heavy atom. The van der Waals surface area contributed by atoms with Gasteiger partial charge < -0.3 is 0 Å². The number of nitrogens with zero attached hydrogens (tertiary/aromatic N) is 1. The predicted molar refractivity (Wildman–Crippen MR) is 48.4 cm³/mol. The van der Waals surface area contributed by atoms with E-state index in [0.29, 0.717) is 0 Å². The fourth-order valence-corrected chi connectivity index (χ4v) is 0.714. The third-order valence-electron chi connectivity index (χ3n) is 1.25. The molecule has 1 nitrogen and oxygen atoms in total. The lowest BCUT2D eigenvalue weighted by molar-refractivity contribution is 1.24. The molecule has 0 fully saturated rings. The average Bonchev–Trinajstić information content (AvgIpc) is 2.07. The summed E-state index contributed by atoms with van der Waals surface area (Å²) in [4.78, 5) is 4.09. The molecule has 0 bridgehead atoms. The Morgan fingerprint density at radius 3 is 2.73 bits per heavy atom. The van der Waals surface area contributed by atoms with Gasteiger partial charge in [0, 0.05) is 0 Å². The Bertz CT molecular complexity index is 255. The molecule has 0 aliphatic carbocycles. The van der Waals surface area contributed by atoms with Gasteiger partial charge in [-0.3, -0.25) is 0 Å². The van der Waals surface area contributed by atoms with E-state index in [1.807, 2.05) is 36.4 Å². The fraction of sp³-hybridized carbons (Fsp3) is 0.200. The first kappa shape index (κ1) is 7.77. The van der Waals surface area contributed by atoms with E-state index in [1.54, 1.807) is 0 Å². The maximum atomic E-state index is 4.09. The van der Waals surface area contributed by atoms with Crippen molar-refractivity contribution in [2.75, 3.05) is 0 Å². The third kappa shape index (κ3) is 2.83. The molecule has 0 spiro atoms. The number of benzene rings is 1. The van der Waals surface area contributed by atoms with Crippen LogP contribution in [0, 0.1) is 0 Å². The van der Waals surface area contributed by atoms with Crippen LogP contribution in [0.25, 0.3) is 0 Å². The summed E-state index contributed by atoms with van der Waals surface area (Å²) in [6.07, 6.45) is 2.89. The van der Waals surface area contributed by atoms with Gasteiger partial charge in [0.1, 0.15) is 0 Å². The lowest BCUT2D eigenvalue weighted by Gasteiger charge is -1.85. The molecule has 0 radical (unpaired) electrons. The summed E-state index contributed by atoms with van der Waals surface area (Å²) in [5, 5.41) is 0. The molecule has 11 heavy (non-hydrogen) atoms. The van der Waals surface area contributed by atoms with Crippen molar-refractivity contribution >= 4 is 11.6 Å². The van der Waals surface area contributed by atoms with Crippen molar-refractivity contribution in [2.24, 2.45) is 4.99 Å². The Kier molecular flexibility index (Phi) is 3.17. The van der Waals surface area contributed by atoms with E-state index in [2.05, 4.69) is 17.8 Å². The second-order valence-electron chi connectivity index (χ2n) is 2.19. The SMILES string of the molecule is CCC=C=Nc1ccccc1. The third-order valence-corrected chi connectivity index (χ3v) is 1.25. The van der Waals surface area contributed by atoms with E-state index in [4.69, 9.17) is 0 Å². The molecule has 0 saturated carbocycles.